The molecule has 0 aliphatic rings. The number of pyridine rings is 1. The SMILES string of the molecule is COC(=O)CN(C(=O)c1oc2c(C)ccc(C)c2c1C)c1cccc(C)n1. The lowest BCUT2D eigenvalue weighted by atomic mass is 10.0. The number of carbonyl (C=O) groups excluding carboxylic acids is 2. The van der Waals surface area contributed by atoms with E-state index >= 15 is 0 Å². The van der Waals surface area contributed by atoms with Crippen LogP contribution in [0.1, 0.15) is 32.9 Å². The van der Waals surface area contributed by atoms with Crippen LogP contribution in [0, 0.1) is 27.7 Å². The van der Waals surface area contributed by atoms with Gasteiger partial charge in [0.2, 0.25) is 0 Å². The number of aryl methyl sites for hydroxylation is 4. The molecule has 0 spiro atoms. The summed E-state index contributed by atoms with van der Waals surface area (Å²) in [4.78, 5) is 30.9. The molecule has 1 aromatic carbocycles. The van der Waals surface area contributed by atoms with E-state index in [1.165, 1.54) is 12.0 Å². The molecule has 6 heteroatoms. The van der Waals surface area contributed by atoms with Gasteiger partial charge in [0.05, 0.1) is 7.11 Å². The molecule has 0 saturated heterocycles. The summed E-state index contributed by atoms with van der Waals surface area (Å²) in [5, 5.41) is 0.925. The number of aromatic nitrogens is 1. The number of esters is 1. The standard InChI is InChI=1S/C21H22N2O4/c1-12-9-10-13(2)19-18(12)15(4)20(27-19)21(25)23(11-17(24)26-5)16-8-6-7-14(3)22-16/h6-10H,11H2,1-5H3. The molecule has 6 nitrogen and oxygen atoms in total. The number of amides is 1. The van der Waals surface area contributed by atoms with Crippen molar-refractivity contribution in [1.82, 2.24) is 4.98 Å². The topological polar surface area (TPSA) is 72.6 Å². The van der Waals surface area contributed by atoms with E-state index < -0.39 is 11.9 Å². The van der Waals surface area contributed by atoms with Crippen molar-refractivity contribution >= 4 is 28.7 Å². The summed E-state index contributed by atoms with van der Waals surface area (Å²) in [5.41, 5.74) is 4.16. The number of hydrogen-bond acceptors (Lipinski definition) is 5. The zero-order valence-corrected chi connectivity index (χ0v) is 16.1. The summed E-state index contributed by atoms with van der Waals surface area (Å²) < 4.78 is 10.7. The highest BCUT2D eigenvalue weighted by molar-refractivity contribution is 6.09. The third-order valence-corrected chi connectivity index (χ3v) is 4.59. The van der Waals surface area contributed by atoms with E-state index in [-0.39, 0.29) is 12.3 Å². The van der Waals surface area contributed by atoms with Gasteiger partial charge in [0.15, 0.2) is 5.76 Å². The fourth-order valence-electron chi connectivity index (χ4n) is 3.13. The van der Waals surface area contributed by atoms with Crippen LogP contribution in [-0.2, 0) is 9.53 Å². The first-order valence-electron chi connectivity index (χ1n) is 8.65. The van der Waals surface area contributed by atoms with Crippen LogP contribution in [0.5, 0.6) is 0 Å². The largest absolute Gasteiger partial charge is 0.468 e. The zero-order chi connectivity index (χ0) is 19.7. The van der Waals surface area contributed by atoms with Gasteiger partial charge in [-0.1, -0.05) is 18.2 Å². The number of carbonyl (C=O) groups is 2. The Hall–Kier alpha value is -3.15. The van der Waals surface area contributed by atoms with Crippen LogP contribution < -0.4 is 4.90 Å². The number of anilines is 1. The summed E-state index contributed by atoms with van der Waals surface area (Å²) in [6.45, 7) is 7.34. The Labute approximate surface area is 157 Å². The van der Waals surface area contributed by atoms with Gasteiger partial charge in [0, 0.05) is 16.6 Å². The van der Waals surface area contributed by atoms with Crippen molar-refractivity contribution in [2.24, 2.45) is 0 Å². The number of rotatable bonds is 4. The number of nitrogens with zero attached hydrogens (tertiary/aromatic N) is 2. The smallest absolute Gasteiger partial charge is 0.325 e. The monoisotopic (exact) mass is 366 g/mol. The summed E-state index contributed by atoms with van der Waals surface area (Å²) in [6.07, 6.45) is 0. The van der Waals surface area contributed by atoms with Crippen LogP contribution >= 0.6 is 0 Å². The van der Waals surface area contributed by atoms with E-state index in [1.807, 2.05) is 45.9 Å². The Balaban J connectivity index is 2.13. The molecule has 27 heavy (non-hydrogen) atoms. The predicted octanol–water partition coefficient (Wildman–Crippen LogP) is 3.88. The van der Waals surface area contributed by atoms with Crippen molar-refractivity contribution in [2.45, 2.75) is 27.7 Å². The van der Waals surface area contributed by atoms with Gasteiger partial charge >= 0.3 is 5.97 Å². The van der Waals surface area contributed by atoms with Gasteiger partial charge in [-0.3, -0.25) is 14.5 Å². The van der Waals surface area contributed by atoms with Crippen molar-refractivity contribution in [1.29, 1.82) is 0 Å². The predicted molar refractivity (Wildman–Crippen MR) is 103 cm³/mol. The molecular weight excluding hydrogens is 344 g/mol. The van der Waals surface area contributed by atoms with E-state index in [9.17, 15) is 9.59 Å². The van der Waals surface area contributed by atoms with Crippen LogP contribution in [0.15, 0.2) is 34.7 Å². The van der Waals surface area contributed by atoms with Crippen molar-refractivity contribution < 1.29 is 18.7 Å². The minimum atomic E-state index is -0.534. The number of methoxy groups -OCH3 is 1. The lowest BCUT2D eigenvalue weighted by molar-refractivity contribution is -0.138. The lowest BCUT2D eigenvalue weighted by Gasteiger charge is -2.20. The Bertz CT molecular complexity index is 1040. The maximum atomic E-state index is 13.3. The normalized spacial score (nSPS) is 10.9. The Kier molecular flexibility index (Phi) is 4.99. The maximum Gasteiger partial charge on any atom is 0.325 e. The van der Waals surface area contributed by atoms with Gasteiger partial charge in [-0.05, 0) is 51.0 Å². The summed E-state index contributed by atoms with van der Waals surface area (Å²) in [6, 6.07) is 9.26. The molecule has 3 aromatic rings. The quantitative estimate of drug-likeness (QED) is 0.655. The molecule has 140 valence electrons. The van der Waals surface area contributed by atoms with Gasteiger partial charge in [0.25, 0.3) is 5.91 Å². The molecule has 0 bridgehead atoms. The van der Waals surface area contributed by atoms with Crippen LogP contribution in [0.4, 0.5) is 5.82 Å². The van der Waals surface area contributed by atoms with Crippen LogP contribution in [0.2, 0.25) is 0 Å². The molecule has 2 heterocycles. The average molecular weight is 366 g/mol. The second-order valence-electron chi connectivity index (χ2n) is 6.56. The molecule has 0 radical (unpaired) electrons. The fraction of sp³-hybridized carbons (Fsp3) is 0.286. The van der Waals surface area contributed by atoms with Crippen molar-refractivity contribution in [3.05, 3.63) is 58.5 Å². The van der Waals surface area contributed by atoms with Crippen LogP contribution in [-0.4, -0.2) is 30.5 Å². The molecule has 3 rings (SSSR count). The van der Waals surface area contributed by atoms with E-state index in [1.54, 1.807) is 12.1 Å². The van der Waals surface area contributed by atoms with Crippen LogP contribution in [0.3, 0.4) is 0 Å². The summed E-state index contributed by atoms with van der Waals surface area (Å²) in [5.74, 6) is -0.382. The summed E-state index contributed by atoms with van der Waals surface area (Å²) >= 11 is 0. The number of hydrogen-bond donors (Lipinski definition) is 0. The molecule has 0 aliphatic carbocycles. The molecule has 0 N–H and O–H groups in total. The molecule has 0 fully saturated rings. The minimum Gasteiger partial charge on any atom is -0.468 e. The third-order valence-electron chi connectivity index (χ3n) is 4.59. The van der Waals surface area contributed by atoms with E-state index in [2.05, 4.69) is 4.98 Å². The highest BCUT2D eigenvalue weighted by atomic mass is 16.5. The number of benzene rings is 1. The Morgan fingerprint density at radius 1 is 1.07 bits per heavy atom. The number of ether oxygens (including phenoxy) is 1. The van der Waals surface area contributed by atoms with Crippen molar-refractivity contribution in [3.63, 3.8) is 0 Å². The maximum absolute atomic E-state index is 13.3. The second kappa shape index (κ2) is 7.23. The van der Waals surface area contributed by atoms with E-state index in [4.69, 9.17) is 9.15 Å². The second-order valence-corrected chi connectivity index (χ2v) is 6.56. The molecular formula is C21H22N2O4. The minimum absolute atomic E-state index is 0.203. The van der Waals surface area contributed by atoms with Gasteiger partial charge in [0.1, 0.15) is 17.9 Å². The Morgan fingerprint density at radius 2 is 1.78 bits per heavy atom. The highest BCUT2D eigenvalue weighted by Crippen LogP contribution is 2.32. The van der Waals surface area contributed by atoms with Gasteiger partial charge in [-0.25, -0.2) is 4.98 Å². The number of fused-ring (bicyclic) bond motifs is 1. The lowest BCUT2D eigenvalue weighted by Crippen LogP contribution is -2.37. The zero-order valence-electron chi connectivity index (χ0n) is 16.1. The molecule has 1 amide bonds. The first-order valence-corrected chi connectivity index (χ1v) is 8.65. The van der Waals surface area contributed by atoms with Gasteiger partial charge in [-0.15, -0.1) is 0 Å². The molecule has 2 aromatic heterocycles. The fourth-order valence-corrected chi connectivity index (χ4v) is 3.13. The third kappa shape index (κ3) is 3.43. The van der Waals surface area contributed by atoms with Crippen LogP contribution in [0.25, 0.3) is 11.0 Å². The summed E-state index contributed by atoms with van der Waals surface area (Å²) in [7, 11) is 1.29. The molecule has 0 saturated carbocycles. The van der Waals surface area contributed by atoms with E-state index in [0.29, 0.717) is 11.4 Å². The van der Waals surface area contributed by atoms with E-state index in [0.717, 1.165) is 27.8 Å². The van der Waals surface area contributed by atoms with Gasteiger partial charge in [-0.2, -0.15) is 0 Å². The Morgan fingerprint density at radius 3 is 2.41 bits per heavy atom. The molecule has 0 aliphatic heterocycles. The van der Waals surface area contributed by atoms with Crippen molar-refractivity contribution in [3.8, 4) is 0 Å². The number of furan rings is 1. The first-order chi connectivity index (χ1) is 12.8. The average Bonchev–Trinajstić information content (AvgIpc) is 3.00. The first kappa shape index (κ1) is 18.6. The molecule has 0 unspecified atom stereocenters. The highest BCUT2D eigenvalue weighted by Gasteiger charge is 2.28. The molecule has 0 atom stereocenters. The van der Waals surface area contributed by atoms with Crippen molar-refractivity contribution in [2.75, 3.05) is 18.6 Å². The van der Waals surface area contributed by atoms with Gasteiger partial charge < -0.3 is 9.15 Å².